The highest BCUT2D eigenvalue weighted by Crippen LogP contribution is 2.45. The van der Waals surface area contributed by atoms with Crippen LogP contribution in [0.1, 0.15) is 58.3 Å². The van der Waals surface area contributed by atoms with Gasteiger partial charge in [-0.15, -0.1) is 0 Å². The van der Waals surface area contributed by atoms with Crippen molar-refractivity contribution < 1.29 is 0 Å². The van der Waals surface area contributed by atoms with E-state index in [9.17, 15) is 0 Å². The summed E-state index contributed by atoms with van der Waals surface area (Å²) < 4.78 is 0. The Morgan fingerprint density at radius 2 is 1.71 bits per heavy atom. The third kappa shape index (κ3) is 1.84. The summed E-state index contributed by atoms with van der Waals surface area (Å²) in [5.74, 6) is 0.989. The molecule has 0 bridgehead atoms. The third-order valence-electron chi connectivity index (χ3n) is 4.68. The summed E-state index contributed by atoms with van der Waals surface area (Å²) in [6, 6.07) is 0.802. The molecule has 1 N–H and O–H groups in total. The quantitative estimate of drug-likeness (QED) is 0.728. The van der Waals surface area contributed by atoms with Crippen LogP contribution in [0.4, 0.5) is 0 Å². The first-order chi connectivity index (χ1) is 6.76. The second-order valence-corrected chi connectivity index (χ2v) is 5.67. The molecule has 2 rings (SSSR count). The summed E-state index contributed by atoms with van der Waals surface area (Å²) in [6.45, 7) is 2.52. The van der Waals surface area contributed by atoms with Crippen LogP contribution in [0, 0.1) is 11.3 Å². The molecule has 0 aromatic heterocycles. The molecule has 1 heteroatoms. The first-order valence-electron chi connectivity index (χ1n) is 6.43. The standard InChI is InChI=1S/C13H25N/c1-13(9-4-3-5-10-13)12(14-2)11-7-6-8-11/h11-12,14H,3-10H2,1-2H3. The highest BCUT2D eigenvalue weighted by molar-refractivity contribution is 4.95. The van der Waals surface area contributed by atoms with Gasteiger partial charge in [-0.05, 0) is 44.1 Å². The fourth-order valence-electron chi connectivity index (χ4n) is 3.60. The van der Waals surface area contributed by atoms with Crippen LogP contribution >= 0.6 is 0 Å². The molecule has 0 aromatic carbocycles. The van der Waals surface area contributed by atoms with Gasteiger partial charge in [0.2, 0.25) is 0 Å². The Bertz CT molecular complexity index is 178. The maximum absolute atomic E-state index is 3.61. The summed E-state index contributed by atoms with van der Waals surface area (Å²) in [4.78, 5) is 0. The van der Waals surface area contributed by atoms with Crippen LogP contribution in [-0.4, -0.2) is 13.1 Å². The van der Waals surface area contributed by atoms with E-state index in [0.717, 1.165) is 12.0 Å². The topological polar surface area (TPSA) is 12.0 Å². The molecule has 0 radical (unpaired) electrons. The SMILES string of the molecule is CNC(C1CCC1)C1(C)CCCCC1. The van der Waals surface area contributed by atoms with Crippen molar-refractivity contribution in [1.29, 1.82) is 0 Å². The second kappa shape index (κ2) is 4.22. The summed E-state index contributed by atoms with van der Waals surface area (Å²) in [5, 5.41) is 3.61. The molecule has 82 valence electrons. The van der Waals surface area contributed by atoms with Crippen LogP contribution in [-0.2, 0) is 0 Å². The summed E-state index contributed by atoms with van der Waals surface area (Å²) >= 11 is 0. The maximum atomic E-state index is 3.61. The Hall–Kier alpha value is -0.0400. The lowest BCUT2D eigenvalue weighted by Gasteiger charge is -2.47. The van der Waals surface area contributed by atoms with Crippen molar-refractivity contribution in [3.05, 3.63) is 0 Å². The molecule has 1 unspecified atom stereocenters. The van der Waals surface area contributed by atoms with E-state index in [4.69, 9.17) is 0 Å². The smallest absolute Gasteiger partial charge is 0.0146 e. The average Bonchev–Trinajstić information content (AvgIpc) is 2.12. The van der Waals surface area contributed by atoms with Crippen molar-refractivity contribution in [1.82, 2.24) is 5.32 Å². The molecular weight excluding hydrogens is 170 g/mol. The minimum atomic E-state index is 0.609. The Labute approximate surface area is 88.7 Å². The van der Waals surface area contributed by atoms with Crippen molar-refractivity contribution in [2.24, 2.45) is 11.3 Å². The zero-order valence-electron chi connectivity index (χ0n) is 9.81. The number of nitrogens with one attached hydrogen (secondary N) is 1. The molecule has 2 aliphatic rings. The summed E-state index contributed by atoms with van der Waals surface area (Å²) in [7, 11) is 2.17. The molecule has 2 aliphatic carbocycles. The summed E-state index contributed by atoms with van der Waals surface area (Å²) in [6.07, 6.45) is 11.7. The molecule has 14 heavy (non-hydrogen) atoms. The van der Waals surface area contributed by atoms with Gasteiger partial charge in [0.1, 0.15) is 0 Å². The van der Waals surface area contributed by atoms with Crippen molar-refractivity contribution in [2.75, 3.05) is 7.05 Å². The first-order valence-corrected chi connectivity index (χ1v) is 6.43. The van der Waals surface area contributed by atoms with Gasteiger partial charge < -0.3 is 5.32 Å². The molecule has 1 atom stereocenters. The van der Waals surface area contributed by atoms with Crippen LogP contribution in [0.2, 0.25) is 0 Å². The Morgan fingerprint density at radius 1 is 1.07 bits per heavy atom. The fourth-order valence-corrected chi connectivity index (χ4v) is 3.60. The van der Waals surface area contributed by atoms with E-state index in [0.29, 0.717) is 5.41 Å². The predicted octanol–water partition coefficient (Wildman–Crippen LogP) is 3.34. The second-order valence-electron chi connectivity index (χ2n) is 5.67. The van der Waals surface area contributed by atoms with Crippen LogP contribution in [0.25, 0.3) is 0 Å². The fraction of sp³-hybridized carbons (Fsp3) is 1.00. The van der Waals surface area contributed by atoms with Gasteiger partial charge in [-0.2, -0.15) is 0 Å². The zero-order chi connectivity index (χ0) is 10.0. The van der Waals surface area contributed by atoms with Crippen molar-refractivity contribution in [3.8, 4) is 0 Å². The lowest BCUT2D eigenvalue weighted by atomic mass is 9.63. The minimum Gasteiger partial charge on any atom is -0.316 e. The van der Waals surface area contributed by atoms with Gasteiger partial charge in [-0.3, -0.25) is 0 Å². The van der Waals surface area contributed by atoms with E-state index < -0.39 is 0 Å². The van der Waals surface area contributed by atoms with Gasteiger partial charge in [0.25, 0.3) is 0 Å². The normalized spacial score (nSPS) is 29.6. The summed E-state index contributed by atoms with van der Waals surface area (Å²) in [5.41, 5.74) is 0.609. The van der Waals surface area contributed by atoms with Gasteiger partial charge >= 0.3 is 0 Å². The molecule has 2 fully saturated rings. The van der Waals surface area contributed by atoms with E-state index in [2.05, 4.69) is 19.3 Å². The number of rotatable bonds is 3. The van der Waals surface area contributed by atoms with Crippen molar-refractivity contribution in [3.63, 3.8) is 0 Å². The molecule has 0 amide bonds. The first kappa shape index (κ1) is 10.5. The maximum Gasteiger partial charge on any atom is 0.0146 e. The molecular formula is C13H25N. The van der Waals surface area contributed by atoms with Gasteiger partial charge in [-0.1, -0.05) is 32.6 Å². The lowest BCUT2D eigenvalue weighted by Crippen LogP contribution is -2.50. The molecule has 1 nitrogen and oxygen atoms in total. The number of hydrogen-bond donors (Lipinski definition) is 1. The average molecular weight is 195 g/mol. The molecule has 0 aliphatic heterocycles. The van der Waals surface area contributed by atoms with E-state index in [1.807, 2.05) is 0 Å². The van der Waals surface area contributed by atoms with E-state index in [1.54, 1.807) is 0 Å². The molecule has 0 aromatic rings. The minimum absolute atomic E-state index is 0.609. The van der Waals surface area contributed by atoms with E-state index in [1.165, 1.54) is 51.4 Å². The molecule has 0 saturated heterocycles. The predicted molar refractivity (Wildman–Crippen MR) is 61.4 cm³/mol. The zero-order valence-corrected chi connectivity index (χ0v) is 9.81. The van der Waals surface area contributed by atoms with E-state index in [-0.39, 0.29) is 0 Å². The lowest BCUT2D eigenvalue weighted by molar-refractivity contribution is 0.0736. The Morgan fingerprint density at radius 3 is 2.14 bits per heavy atom. The third-order valence-corrected chi connectivity index (χ3v) is 4.68. The molecule has 2 saturated carbocycles. The largest absolute Gasteiger partial charge is 0.316 e. The van der Waals surface area contributed by atoms with Crippen LogP contribution in [0.5, 0.6) is 0 Å². The van der Waals surface area contributed by atoms with Crippen molar-refractivity contribution in [2.45, 2.75) is 64.3 Å². The molecule has 0 spiro atoms. The van der Waals surface area contributed by atoms with Crippen LogP contribution < -0.4 is 5.32 Å². The van der Waals surface area contributed by atoms with Gasteiger partial charge in [0.15, 0.2) is 0 Å². The van der Waals surface area contributed by atoms with Gasteiger partial charge in [-0.25, -0.2) is 0 Å². The van der Waals surface area contributed by atoms with Crippen molar-refractivity contribution >= 4 is 0 Å². The highest BCUT2D eigenvalue weighted by atomic mass is 14.9. The molecule has 0 heterocycles. The van der Waals surface area contributed by atoms with Crippen LogP contribution in [0.15, 0.2) is 0 Å². The van der Waals surface area contributed by atoms with Crippen LogP contribution in [0.3, 0.4) is 0 Å². The van der Waals surface area contributed by atoms with Gasteiger partial charge in [0.05, 0.1) is 0 Å². The Balaban J connectivity index is 2.00. The Kier molecular flexibility index (Phi) is 3.16. The monoisotopic (exact) mass is 195 g/mol. The van der Waals surface area contributed by atoms with Gasteiger partial charge in [0, 0.05) is 6.04 Å². The highest BCUT2D eigenvalue weighted by Gasteiger charge is 2.40. The number of hydrogen-bond acceptors (Lipinski definition) is 1. The van der Waals surface area contributed by atoms with E-state index >= 15 is 0 Å².